The summed E-state index contributed by atoms with van der Waals surface area (Å²) in [7, 11) is 0. The van der Waals surface area contributed by atoms with Crippen molar-refractivity contribution >= 4 is 12.1 Å². The number of carboxylic acid groups (broad SMARTS) is 1. The topological polar surface area (TPSA) is 88.2 Å². The molecule has 0 bridgehead atoms. The third-order valence-electron chi connectivity index (χ3n) is 6.59. The quantitative estimate of drug-likeness (QED) is 0.529. The van der Waals surface area contributed by atoms with Crippen LogP contribution in [-0.4, -0.2) is 41.5 Å². The molecule has 2 N–H and O–H groups in total. The molecule has 168 valence electrons. The molecule has 6 heteroatoms. The predicted molar refractivity (Wildman–Crippen MR) is 123 cm³/mol. The summed E-state index contributed by atoms with van der Waals surface area (Å²) >= 11 is 0. The van der Waals surface area contributed by atoms with Gasteiger partial charge in [0.1, 0.15) is 12.7 Å². The van der Waals surface area contributed by atoms with Crippen LogP contribution >= 0.6 is 0 Å². The standard InChI is InChI=1S/C27H25NO5/c1-27(25(29)30)24(33-27)23(15-17-9-3-2-4-10-17)28-26(31)32-16-22-20-13-7-5-11-18(20)19-12-6-8-14-21(19)22/h2-14,22-24H,15-16H2,1H3,(H,28,31)(H,29,30)/t23-,24?,27?/m0/s1. The third kappa shape index (κ3) is 3.98. The molecule has 0 spiro atoms. The van der Waals surface area contributed by atoms with Crippen molar-refractivity contribution < 1.29 is 24.2 Å². The zero-order valence-electron chi connectivity index (χ0n) is 18.2. The fourth-order valence-corrected chi connectivity index (χ4v) is 4.76. The molecule has 33 heavy (non-hydrogen) atoms. The van der Waals surface area contributed by atoms with Crippen molar-refractivity contribution in [1.29, 1.82) is 0 Å². The summed E-state index contributed by atoms with van der Waals surface area (Å²) in [5.74, 6) is -1.09. The van der Waals surface area contributed by atoms with Gasteiger partial charge in [-0.15, -0.1) is 0 Å². The molecule has 0 saturated carbocycles. The molecular weight excluding hydrogens is 418 g/mol. The van der Waals surface area contributed by atoms with Gasteiger partial charge in [0.2, 0.25) is 0 Å². The highest BCUT2D eigenvalue weighted by molar-refractivity contribution is 5.82. The summed E-state index contributed by atoms with van der Waals surface area (Å²) in [6, 6.07) is 25.4. The maximum atomic E-state index is 12.8. The lowest BCUT2D eigenvalue weighted by Crippen LogP contribution is -2.44. The van der Waals surface area contributed by atoms with Crippen molar-refractivity contribution in [2.24, 2.45) is 0 Å². The van der Waals surface area contributed by atoms with Crippen LogP contribution in [0.5, 0.6) is 0 Å². The smallest absolute Gasteiger partial charge is 0.407 e. The predicted octanol–water partition coefficient (Wildman–Crippen LogP) is 4.38. The van der Waals surface area contributed by atoms with Crippen molar-refractivity contribution in [2.45, 2.75) is 37.0 Å². The Kier molecular flexibility index (Phi) is 5.38. The van der Waals surface area contributed by atoms with Crippen LogP contribution in [0.3, 0.4) is 0 Å². The Bertz CT molecular complexity index is 1150. The highest BCUT2D eigenvalue weighted by Crippen LogP contribution is 2.44. The van der Waals surface area contributed by atoms with Crippen molar-refractivity contribution in [2.75, 3.05) is 6.61 Å². The number of nitrogens with one attached hydrogen (secondary N) is 1. The van der Waals surface area contributed by atoms with E-state index in [1.54, 1.807) is 0 Å². The van der Waals surface area contributed by atoms with E-state index in [9.17, 15) is 14.7 Å². The molecule has 3 aromatic carbocycles. The van der Waals surface area contributed by atoms with Gasteiger partial charge in [-0.2, -0.15) is 0 Å². The van der Waals surface area contributed by atoms with Gasteiger partial charge in [0, 0.05) is 5.92 Å². The van der Waals surface area contributed by atoms with Crippen LogP contribution in [0, 0.1) is 0 Å². The van der Waals surface area contributed by atoms with Gasteiger partial charge in [0.25, 0.3) is 0 Å². The average Bonchev–Trinajstić information content (AvgIpc) is 3.43. The Labute approximate surface area is 192 Å². The zero-order chi connectivity index (χ0) is 23.0. The lowest BCUT2D eigenvalue weighted by atomic mass is 9.96. The molecular formula is C27H25NO5. The summed E-state index contributed by atoms with van der Waals surface area (Å²) in [5.41, 5.74) is 4.26. The molecule has 1 heterocycles. The molecule has 2 unspecified atom stereocenters. The number of hydrogen-bond acceptors (Lipinski definition) is 4. The number of benzene rings is 3. The molecule has 3 atom stereocenters. The van der Waals surface area contributed by atoms with E-state index >= 15 is 0 Å². The largest absolute Gasteiger partial charge is 0.479 e. The van der Waals surface area contributed by atoms with Crippen molar-refractivity contribution in [1.82, 2.24) is 5.32 Å². The minimum Gasteiger partial charge on any atom is -0.479 e. The van der Waals surface area contributed by atoms with Gasteiger partial charge < -0.3 is 19.9 Å². The summed E-state index contributed by atoms with van der Waals surface area (Å²) in [6.07, 6.45) is -0.768. The van der Waals surface area contributed by atoms with Gasteiger partial charge in [-0.1, -0.05) is 78.9 Å². The summed E-state index contributed by atoms with van der Waals surface area (Å²) in [4.78, 5) is 24.4. The number of carbonyl (C=O) groups is 2. The maximum Gasteiger partial charge on any atom is 0.407 e. The average molecular weight is 443 g/mol. The Balaban J connectivity index is 1.29. The highest BCUT2D eigenvalue weighted by Gasteiger charge is 2.62. The number of aliphatic carboxylic acids is 1. The molecule has 1 fully saturated rings. The molecule has 2 aliphatic rings. The van der Waals surface area contributed by atoms with Crippen molar-refractivity contribution in [3.05, 3.63) is 95.6 Å². The first-order chi connectivity index (χ1) is 16.0. The van der Waals surface area contributed by atoms with Gasteiger partial charge in [-0.25, -0.2) is 9.59 Å². The number of ether oxygens (including phenoxy) is 2. The second-order valence-corrected chi connectivity index (χ2v) is 8.72. The minimum absolute atomic E-state index is 0.0443. The fraction of sp³-hybridized carbons (Fsp3) is 0.259. The SMILES string of the molecule is CC1(C(=O)O)OC1[C@H](Cc1ccccc1)NC(=O)OCC1c2ccccc2-c2ccccc21. The molecule has 5 rings (SSSR count). The summed E-state index contributed by atoms with van der Waals surface area (Å²) in [5, 5.41) is 12.4. The number of fused-ring (bicyclic) bond motifs is 3. The van der Waals surface area contributed by atoms with Crippen LogP contribution in [0.4, 0.5) is 4.79 Å². The van der Waals surface area contributed by atoms with Gasteiger partial charge in [0.15, 0.2) is 5.60 Å². The van der Waals surface area contributed by atoms with E-state index in [0.717, 1.165) is 27.8 Å². The first-order valence-electron chi connectivity index (χ1n) is 11.0. The zero-order valence-corrected chi connectivity index (χ0v) is 18.2. The van der Waals surface area contributed by atoms with Crippen LogP contribution in [0.25, 0.3) is 11.1 Å². The summed E-state index contributed by atoms with van der Waals surface area (Å²) < 4.78 is 11.2. The van der Waals surface area contributed by atoms with Crippen LogP contribution in [0.2, 0.25) is 0 Å². The van der Waals surface area contributed by atoms with E-state index in [-0.39, 0.29) is 12.5 Å². The number of hydrogen-bond donors (Lipinski definition) is 2. The van der Waals surface area contributed by atoms with Gasteiger partial charge in [-0.05, 0) is 41.2 Å². The van der Waals surface area contributed by atoms with Gasteiger partial charge >= 0.3 is 12.1 Å². The van der Waals surface area contributed by atoms with E-state index in [1.165, 1.54) is 6.92 Å². The monoisotopic (exact) mass is 443 g/mol. The van der Waals surface area contributed by atoms with Crippen LogP contribution in [0.1, 0.15) is 29.5 Å². The lowest BCUT2D eigenvalue weighted by Gasteiger charge is -2.19. The molecule has 1 aliphatic heterocycles. The molecule has 0 radical (unpaired) electrons. The molecule has 1 amide bonds. The van der Waals surface area contributed by atoms with E-state index < -0.39 is 29.8 Å². The Hall–Kier alpha value is -3.64. The lowest BCUT2D eigenvalue weighted by molar-refractivity contribution is -0.142. The highest BCUT2D eigenvalue weighted by atomic mass is 16.6. The number of epoxide rings is 1. The number of rotatable bonds is 7. The first-order valence-corrected chi connectivity index (χ1v) is 11.0. The van der Waals surface area contributed by atoms with Crippen molar-refractivity contribution in [3.8, 4) is 11.1 Å². The first kappa shape index (κ1) is 21.2. The number of alkyl carbamates (subject to hydrolysis) is 1. The van der Waals surface area contributed by atoms with Crippen molar-refractivity contribution in [3.63, 3.8) is 0 Å². The Morgan fingerprint density at radius 2 is 1.55 bits per heavy atom. The number of carbonyl (C=O) groups excluding carboxylic acids is 1. The van der Waals surface area contributed by atoms with E-state index in [0.29, 0.717) is 6.42 Å². The fourth-order valence-electron chi connectivity index (χ4n) is 4.76. The van der Waals surface area contributed by atoms with E-state index in [1.807, 2.05) is 54.6 Å². The van der Waals surface area contributed by atoms with Gasteiger partial charge in [-0.3, -0.25) is 0 Å². The second-order valence-electron chi connectivity index (χ2n) is 8.72. The minimum atomic E-state index is -1.31. The molecule has 3 aromatic rings. The molecule has 1 saturated heterocycles. The van der Waals surface area contributed by atoms with E-state index in [2.05, 4.69) is 29.6 Å². The normalized spacial score (nSPS) is 21.5. The molecule has 1 aliphatic carbocycles. The second kappa shape index (κ2) is 8.37. The summed E-state index contributed by atoms with van der Waals surface area (Å²) in [6.45, 7) is 1.72. The third-order valence-corrected chi connectivity index (χ3v) is 6.59. The number of carboxylic acids is 1. The van der Waals surface area contributed by atoms with Crippen LogP contribution < -0.4 is 5.32 Å². The number of amides is 1. The Morgan fingerprint density at radius 3 is 2.12 bits per heavy atom. The van der Waals surface area contributed by atoms with Crippen LogP contribution in [-0.2, 0) is 20.7 Å². The Morgan fingerprint density at radius 1 is 0.970 bits per heavy atom. The van der Waals surface area contributed by atoms with Crippen LogP contribution in [0.15, 0.2) is 78.9 Å². The van der Waals surface area contributed by atoms with E-state index in [4.69, 9.17) is 9.47 Å². The molecule has 6 nitrogen and oxygen atoms in total. The van der Waals surface area contributed by atoms with Gasteiger partial charge in [0.05, 0.1) is 6.04 Å². The maximum absolute atomic E-state index is 12.8. The molecule has 0 aromatic heterocycles.